The van der Waals surface area contributed by atoms with E-state index in [1.807, 2.05) is 48.5 Å². The highest BCUT2D eigenvalue weighted by molar-refractivity contribution is 6.04. The standard InChI is InChI=1S/C25H23N3O5/c1-26-15-19(24(31)27(2)25(26)32)13-14-23(30)33-16-22(29)28-20-9-5-3-7-17(20)11-12-18-8-4-6-10-21(18)28/h3-10,13-15H,11-12,16H2,1-2H3/b14-13-. The first-order valence-corrected chi connectivity index (χ1v) is 10.5. The van der Waals surface area contributed by atoms with Crippen LogP contribution in [-0.4, -0.2) is 27.6 Å². The largest absolute Gasteiger partial charge is 0.452 e. The van der Waals surface area contributed by atoms with Crippen LogP contribution in [0.1, 0.15) is 16.7 Å². The van der Waals surface area contributed by atoms with Crippen LogP contribution in [0.5, 0.6) is 0 Å². The van der Waals surface area contributed by atoms with Crippen LogP contribution < -0.4 is 16.1 Å². The molecule has 1 aliphatic rings. The van der Waals surface area contributed by atoms with E-state index in [0.717, 1.165) is 46.0 Å². The molecule has 0 saturated heterocycles. The van der Waals surface area contributed by atoms with Gasteiger partial charge >= 0.3 is 11.7 Å². The van der Waals surface area contributed by atoms with Crippen LogP contribution in [0.25, 0.3) is 6.08 Å². The molecule has 4 rings (SSSR count). The Morgan fingerprint density at radius 3 is 2.12 bits per heavy atom. The van der Waals surface area contributed by atoms with E-state index < -0.39 is 23.8 Å². The molecule has 8 heteroatoms. The number of anilines is 2. The Kier molecular flexibility index (Phi) is 6.08. The number of fused-ring (bicyclic) bond motifs is 2. The first-order valence-electron chi connectivity index (χ1n) is 10.5. The van der Waals surface area contributed by atoms with Crippen molar-refractivity contribution in [2.75, 3.05) is 11.5 Å². The third-order valence-electron chi connectivity index (χ3n) is 5.59. The predicted molar refractivity (Wildman–Crippen MR) is 124 cm³/mol. The molecule has 0 spiro atoms. The van der Waals surface area contributed by atoms with Gasteiger partial charge in [-0.3, -0.25) is 19.1 Å². The van der Waals surface area contributed by atoms with Gasteiger partial charge in [0.05, 0.1) is 16.9 Å². The number of carbonyl (C=O) groups is 2. The average Bonchev–Trinajstić information content (AvgIpc) is 2.99. The highest BCUT2D eigenvalue weighted by Gasteiger charge is 2.26. The third kappa shape index (κ3) is 4.41. The number of aromatic nitrogens is 2. The molecule has 0 bridgehead atoms. The zero-order valence-electron chi connectivity index (χ0n) is 18.4. The number of rotatable bonds is 4. The number of hydrogen-bond acceptors (Lipinski definition) is 5. The summed E-state index contributed by atoms with van der Waals surface area (Å²) in [7, 11) is 2.86. The van der Waals surface area contributed by atoms with Crippen LogP contribution in [0, 0.1) is 0 Å². The molecule has 0 fully saturated rings. The topological polar surface area (TPSA) is 90.6 Å². The van der Waals surface area contributed by atoms with E-state index in [0.29, 0.717) is 0 Å². The van der Waals surface area contributed by atoms with Crippen molar-refractivity contribution >= 4 is 29.3 Å². The quantitative estimate of drug-likeness (QED) is 0.453. The zero-order chi connectivity index (χ0) is 23.5. The van der Waals surface area contributed by atoms with E-state index in [1.165, 1.54) is 30.9 Å². The van der Waals surface area contributed by atoms with Crippen molar-refractivity contribution in [2.45, 2.75) is 12.8 Å². The summed E-state index contributed by atoms with van der Waals surface area (Å²) in [5.41, 5.74) is 2.77. The third-order valence-corrected chi connectivity index (χ3v) is 5.59. The van der Waals surface area contributed by atoms with Crippen molar-refractivity contribution in [3.8, 4) is 0 Å². The summed E-state index contributed by atoms with van der Waals surface area (Å²) in [6.45, 7) is -0.461. The number of carbonyl (C=O) groups excluding carboxylic acids is 2. The molecule has 2 heterocycles. The van der Waals surface area contributed by atoms with Gasteiger partial charge in [0.1, 0.15) is 0 Å². The Bertz CT molecular complexity index is 1340. The highest BCUT2D eigenvalue weighted by atomic mass is 16.5. The molecule has 0 atom stereocenters. The first kappa shape index (κ1) is 22.0. The summed E-state index contributed by atoms with van der Waals surface area (Å²) in [6.07, 6.45) is 5.27. The van der Waals surface area contributed by atoms with E-state index in [4.69, 9.17) is 4.74 Å². The van der Waals surface area contributed by atoms with Gasteiger partial charge in [0.2, 0.25) is 0 Å². The van der Waals surface area contributed by atoms with Gasteiger partial charge in [-0.15, -0.1) is 0 Å². The van der Waals surface area contributed by atoms with Crippen LogP contribution in [0.3, 0.4) is 0 Å². The zero-order valence-corrected chi connectivity index (χ0v) is 18.4. The van der Waals surface area contributed by atoms with Gasteiger partial charge in [0.15, 0.2) is 6.61 Å². The summed E-state index contributed by atoms with van der Waals surface area (Å²) in [4.78, 5) is 51.0. The molecule has 0 aliphatic carbocycles. The summed E-state index contributed by atoms with van der Waals surface area (Å²) < 4.78 is 7.37. The molecule has 168 valence electrons. The molecule has 0 unspecified atom stereocenters. The minimum absolute atomic E-state index is 0.151. The normalized spacial score (nSPS) is 12.7. The van der Waals surface area contributed by atoms with Gasteiger partial charge in [-0.1, -0.05) is 36.4 Å². The smallest absolute Gasteiger partial charge is 0.331 e. The van der Waals surface area contributed by atoms with Crippen molar-refractivity contribution < 1.29 is 14.3 Å². The van der Waals surface area contributed by atoms with Crippen molar-refractivity contribution in [2.24, 2.45) is 14.1 Å². The maximum absolute atomic E-state index is 13.2. The minimum Gasteiger partial charge on any atom is -0.452 e. The van der Waals surface area contributed by atoms with Gasteiger partial charge in [0.25, 0.3) is 11.5 Å². The fourth-order valence-corrected chi connectivity index (χ4v) is 3.90. The summed E-state index contributed by atoms with van der Waals surface area (Å²) >= 11 is 0. The van der Waals surface area contributed by atoms with Gasteiger partial charge in [-0.05, 0) is 42.2 Å². The van der Waals surface area contributed by atoms with E-state index in [2.05, 4.69) is 0 Å². The Morgan fingerprint density at radius 2 is 1.52 bits per heavy atom. The molecular formula is C25H23N3O5. The van der Waals surface area contributed by atoms with Gasteiger partial charge in [-0.25, -0.2) is 9.59 Å². The summed E-state index contributed by atoms with van der Waals surface area (Å²) in [5, 5.41) is 0. The van der Waals surface area contributed by atoms with E-state index in [9.17, 15) is 19.2 Å². The molecule has 1 aliphatic heterocycles. The predicted octanol–water partition coefficient (Wildman–Crippen LogP) is 2.10. The monoisotopic (exact) mass is 445 g/mol. The number of nitrogens with zero attached hydrogens (tertiary/aromatic N) is 3. The van der Waals surface area contributed by atoms with Crippen molar-refractivity contribution in [3.05, 3.63) is 98.3 Å². The van der Waals surface area contributed by atoms with Crippen LogP contribution in [0.15, 0.2) is 70.4 Å². The molecule has 0 N–H and O–H groups in total. The van der Waals surface area contributed by atoms with Crippen molar-refractivity contribution in [1.29, 1.82) is 0 Å². The number of aryl methyl sites for hydroxylation is 3. The van der Waals surface area contributed by atoms with Gasteiger partial charge in [-0.2, -0.15) is 0 Å². The first-order chi connectivity index (χ1) is 15.9. The lowest BCUT2D eigenvalue weighted by Crippen LogP contribution is -2.37. The van der Waals surface area contributed by atoms with Crippen molar-refractivity contribution in [3.63, 3.8) is 0 Å². The molecule has 0 radical (unpaired) electrons. The Balaban J connectivity index is 1.53. The molecule has 1 amide bonds. The molecular weight excluding hydrogens is 422 g/mol. The van der Waals surface area contributed by atoms with Crippen LogP contribution in [0.4, 0.5) is 11.4 Å². The molecule has 3 aromatic rings. The fourth-order valence-electron chi connectivity index (χ4n) is 3.90. The number of hydrogen-bond donors (Lipinski definition) is 0. The van der Waals surface area contributed by atoms with Gasteiger partial charge in [0, 0.05) is 26.4 Å². The number of para-hydroxylation sites is 2. The number of amides is 1. The fraction of sp³-hybridized carbons (Fsp3) is 0.200. The van der Waals surface area contributed by atoms with Crippen LogP contribution in [0.2, 0.25) is 0 Å². The SMILES string of the molecule is Cn1cc(/C=C\C(=O)OCC(=O)N2c3ccccc3CCc3ccccc32)c(=O)n(C)c1=O. The highest BCUT2D eigenvalue weighted by Crippen LogP contribution is 2.35. The maximum Gasteiger partial charge on any atom is 0.331 e. The summed E-state index contributed by atoms with van der Waals surface area (Å²) in [5.74, 6) is -1.15. The lowest BCUT2D eigenvalue weighted by molar-refractivity contribution is -0.142. The van der Waals surface area contributed by atoms with Crippen molar-refractivity contribution in [1.82, 2.24) is 9.13 Å². The second-order valence-electron chi connectivity index (χ2n) is 7.77. The average molecular weight is 445 g/mol. The molecule has 8 nitrogen and oxygen atoms in total. The lowest BCUT2D eigenvalue weighted by Gasteiger charge is -2.24. The van der Waals surface area contributed by atoms with Crippen LogP contribution >= 0.6 is 0 Å². The lowest BCUT2D eigenvalue weighted by atomic mass is 10.0. The number of benzene rings is 2. The summed E-state index contributed by atoms with van der Waals surface area (Å²) in [6, 6.07) is 15.4. The Hall–Kier alpha value is -4.20. The second kappa shape index (κ2) is 9.12. The van der Waals surface area contributed by atoms with Crippen LogP contribution in [-0.2, 0) is 41.3 Å². The molecule has 0 saturated carbocycles. The minimum atomic E-state index is -0.768. The number of esters is 1. The number of ether oxygens (including phenoxy) is 1. The van der Waals surface area contributed by atoms with E-state index in [1.54, 1.807) is 4.90 Å². The molecule has 1 aromatic heterocycles. The van der Waals surface area contributed by atoms with E-state index in [-0.39, 0.29) is 11.5 Å². The van der Waals surface area contributed by atoms with E-state index >= 15 is 0 Å². The molecule has 33 heavy (non-hydrogen) atoms. The molecule has 2 aromatic carbocycles. The van der Waals surface area contributed by atoms with Gasteiger partial charge < -0.3 is 9.30 Å². The maximum atomic E-state index is 13.2. The Labute approximate surface area is 190 Å². The Morgan fingerprint density at radius 1 is 0.939 bits per heavy atom. The second-order valence-corrected chi connectivity index (χ2v) is 7.77.